The second kappa shape index (κ2) is 32.4. The van der Waals surface area contributed by atoms with Gasteiger partial charge in [-0.2, -0.15) is 0 Å². The third-order valence-electron chi connectivity index (χ3n) is 7.88. The van der Waals surface area contributed by atoms with Gasteiger partial charge in [0.2, 0.25) is 10.4 Å². The predicted octanol–water partition coefficient (Wildman–Crippen LogP) is 8.05. The van der Waals surface area contributed by atoms with Crippen LogP contribution < -0.4 is 29.6 Å². The van der Waals surface area contributed by atoms with Crippen LogP contribution in [0.25, 0.3) is 0 Å². The Kier molecular flexibility index (Phi) is 34.9. The van der Waals surface area contributed by atoms with E-state index in [4.69, 9.17) is 0 Å². The maximum atomic E-state index is 10.9. The Balaban J connectivity index is 0. The van der Waals surface area contributed by atoms with E-state index in [2.05, 4.69) is 18.0 Å². The summed E-state index contributed by atoms with van der Waals surface area (Å²) in [5, 5.41) is 0. The van der Waals surface area contributed by atoms with E-state index >= 15 is 0 Å². The molecule has 0 aromatic carbocycles. The van der Waals surface area contributed by atoms with Crippen LogP contribution in [0.1, 0.15) is 194 Å². The standard InChI is InChI=1S/C32H66O4S.Na/c1-3-5-7-9-11-12-13-14-15-16-17-18-19-20-21-22-24-26-28-30-32(31-36-37(33,34)35)29-27-25-23-10-8-6-4-2;/h32H,3-31H2,1-2H3,(H,33,34,35);/q;+1/p-1. The summed E-state index contributed by atoms with van der Waals surface area (Å²) in [6, 6.07) is 0. The number of hydrogen-bond acceptors (Lipinski definition) is 4. The van der Waals surface area contributed by atoms with Crippen molar-refractivity contribution in [1.29, 1.82) is 0 Å². The van der Waals surface area contributed by atoms with Crippen LogP contribution in [0.3, 0.4) is 0 Å². The Labute approximate surface area is 261 Å². The van der Waals surface area contributed by atoms with Gasteiger partial charge in [-0.1, -0.05) is 181 Å². The first-order valence-electron chi connectivity index (χ1n) is 16.6. The zero-order valence-corrected chi connectivity index (χ0v) is 28.9. The maximum absolute atomic E-state index is 10.9. The van der Waals surface area contributed by atoms with Crippen LogP contribution in [0, 0.1) is 5.92 Å². The van der Waals surface area contributed by atoms with Crippen molar-refractivity contribution in [2.24, 2.45) is 5.92 Å². The zero-order chi connectivity index (χ0) is 27.3. The van der Waals surface area contributed by atoms with E-state index in [0.717, 1.165) is 25.7 Å². The molecule has 0 aromatic heterocycles. The minimum Gasteiger partial charge on any atom is -0.726 e. The normalized spacial score (nSPS) is 12.5. The largest absolute Gasteiger partial charge is 1.00 e. The molecule has 0 amide bonds. The van der Waals surface area contributed by atoms with Gasteiger partial charge in [0.1, 0.15) is 0 Å². The summed E-state index contributed by atoms with van der Waals surface area (Å²) in [4.78, 5) is 0. The Hall–Kier alpha value is 0.870. The molecule has 0 aliphatic carbocycles. The first-order valence-corrected chi connectivity index (χ1v) is 17.9. The molecule has 0 bridgehead atoms. The van der Waals surface area contributed by atoms with Gasteiger partial charge in [-0.25, -0.2) is 8.42 Å². The number of unbranched alkanes of at least 4 members (excludes halogenated alkanes) is 24. The molecule has 1 unspecified atom stereocenters. The molecular weight excluding hydrogens is 503 g/mol. The summed E-state index contributed by atoms with van der Waals surface area (Å²) in [5.41, 5.74) is 0. The summed E-state index contributed by atoms with van der Waals surface area (Å²) in [5.74, 6) is 0.199. The van der Waals surface area contributed by atoms with Gasteiger partial charge in [0, 0.05) is 0 Å². The summed E-state index contributed by atoms with van der Waals surface area (Å²) in [6.07, 6.45) is 36.8. The van der Waals surface area contributed by atoms with Crippen LogP contribution in [0.4, 0.5) is 0 Å². The number of rotatable bonds is 31. The quantitative estimate of drug-likeness (QED) is 0.0367. The molecule has 0 saturated heterocycles. The van der Waals surface area contributed by atoms with Gasteiger partial charge in [-0.15, -0.1) is 0 Å². The third kappa shape index (κ3) is 34.9. The van der Waals surface area contributed by atoms with Gasteiger partial charge in [0.05, 0.1) is 6.61 Å². The first kappa shape index (κ1) is 41.0. The Morgan fingerprint density at radius 2 is 0.711 bits per heavy atom. The van der Waals surface area contributed by atoms with Crippen LogP contribution in [-0.4, -0.2) is 19.6 Å². The molecule has 224 valence electrons. The molecule has 6 heteroatoms. The minimum atomic E-state index is -4.58. The van der Waals surface area contributed by atoms with E-state index in [0.29, 0.717) is 0 Å². The fourth-order valence-electron chi connectivity index (χ4n) is 5.39. The Morgan fingerprint density at radius 1 is 0.474 bits per heavy atom. The van der Waals surface area contributed by atoms with Gasteiger partial charge in [-0.05, 0) is 18.8 Å². The van der Waals surface area contributed by atoms with Gasteiger partial charge >= 0.3 is 29.6 Å². The molecule has 4 nitrogen and oxygen atoms in total. The topological polar surface area (TPSA) is 66.4 Å². The van der Waals surface area contributed by atoms with Crippen molar-refractivity contribution >= 4 is 10.4 Å². The van der Waals surface area contributed by atoms with Crippen molar-refractivity contribution in [3.8, 4) is 0 Å². The predicted molar refractivity (Wildman–Crippen MR) is 160 cm³/mol. The van der Waals surface area contributed by atoms with Crippen molar-refractivity contribution in [3.05, 3.63) is 0 Å². The maximum Gasteiger partial charge on any atom is 1.00 e. The van der Waals surface area contributed by atoms with Crippen molar-refractivity contribution in [3.63, 3.8) is 0 Å². The first-order chi connectivity index (χ1) is 18.0. The fourth-order valence-corrected chi connectivity index (χ4v) is 5.75. The van der Waals surface area contributed by atoms with Gasteiger partial charge in [0.15, 0.2) is 0 Å². The molecule has 0 rings (SSSR count). The zero-order valence-electron chi connectivity index (χ0n) is 26.1. The molecule has 0 aromatic rings. The van der Waals surface area contributed by atoms with Crippen LogP contribution in [0.5, 0.6) is 0 Å². The van der Waals surface area contributed by atoms with E-state index in [9.17, 15) is 13.0 Å². The van der Waals surface area contributed by atoms with E-state index in [1.54, 1.807) is 0 Å². The molecule has 0 aliphatic heterocycles. The van der Waals surface area contributed by atoms with Gasteiger partial charge < -0.3 is 4.55 Å². The van der Waals surface area contributed by atoms with Crippen LogP contribution in [-0.2, 0) is 14.6 Å². The van der Waals surface area contributed by atoms with Crippen LogP contribution >= 0.6 is 0 Å². The van der Waals surface area contributed by atoms with Crippen molar-refractivity contribution in [2.75, 3.05) is 6.61 Å². The molecule has 0 heterocycles. The van der Waals surface area contributed by atoms with E-state index in [1.165, 1.54) is 154 Å². The minimum absolute atomic E-state index is 0. The van der Waals surface area contributed by atoms with Crippen LogP contribution in [0.15, 0.2) is 0 Å². The second-order valence-electron chi connectivity index (χ2n) is 11.6. The van der Waals surface area contributed by atoms with Crippen LogP contribution in [0.2, 0.25) is 0 Å². The Morgan fingerprint density at radius 3 is 0.947 bits per heavy atom. The second-order valence-corrected chi connectivity index (χ2v) is 12.7. The molecule has 1 atom stereocenters. The Bertz CT molecular complexity index is 542. The SMILES string of the molecule is CCCCCCCCCCCCCCCCCCCCCC(CCCCCCCCC)COS(=O)(=O)[O-].[Na+]. The third-order valence-corrected chi connectivity index (χ3v) is 8.30. The smallest absolute Gasteiger partial charge is 0.726 e. The summed E-state index contributed by atoms with van der Waals surface area (Å²) in [6.45, 7) is 4.59. The fraction of sp³-hybridized carbons (Fsp3) is 1.00. The van der Waals surface area contributed by atoms with Crippen molar-refractivity contribution < 1.29 is 46.7 Å². The molecule has 0 radical (unpaired) electrons. The average molecular weight is 569 g/mol. The van der Waals surface area contributed by atoms with Gasteiger partial charge in [0.25, 0.3) is 0 Å². The van der Waals surface area contributed by atoms with Crippen molar-refractivity contribution in [2.45, 2.75) is 194 Å². The van der Waals surface area contributed by atoms with E-state index in [-0.39, 0.29) is 42.1 Å². The van der Waals surface area contributed by atoms with E-state index in [1.807, 2.05) is 0 Å². The van der Waals surface area contributed by atoms with Crippen molar-refractivity contribution in [1.82, 2.24) is 0 Å². The van der Waals surface area contributed by atoms with E-state index < -0.39 is 10.4 Å². The summed E-state index contributed by atoms with van der Waals surface area (Å²) in [7, 11) is -4.58. The molecule has 0 aliphatic rings. The molecular formula is C32H65NaO4S. The molecule has 0 fully saturated rings. The molecule has 38 heavy (non-hydrogen) atoms. The molecule has 0 saturated carbocycles. The molecule has 0 N–H and O–H groups in total. The molecule has 0 spiro atoms. The van der Waals surface area contributed by atoms with Gasteiger partial charge in [-0.3, -0.25) is 4.18 Å². The summed E-state index contributed by atoms with van der Waals surface area (Å²) < 4.78 is 37.3. The monoisotopic (exact) mass is 568 g/mol. The number of hydrogen-bond donors (Lipinski definition) is 0. The average Bonchev–Trinajstić information content (AvgIpc) is 2.87. The summed E-state index contributed by atoms with van der Waals surface area (Å²) >= 11 is 0.